The Kier molecular flexibility index (Phi) is 6.43. The third kappa shape index (κ3) is 5.30. The van der Waals surface area contributed by atoms with Gasteiger partial charge in [-0.3, -0.25) is 25.0 Å². The largest absolute Gasteiger partial charge is 0.489 e. The summed E-state index contributed by atoms with van der Waals surface area (Å²) in [5, 5.41) is 0.641. The number of hydrogen-bond donors (Lipinski definition) is 2. The molecule has 0 aliphatic rings. The van der Waals surface area contributed by atoms with Gasteiger partial charge in [-0.05, 0) is 54.1 Å². The first-order chi connectivity index (χ1) is 15.6. The van der Waals surface area contributed by atoms with E-state index in [0.717, 1.165) is 5.56 Å². The Morgan fingerprint density at radius 1 is 0.906 bits per heavy atom. The molecule has 0 fully saturated rings. The number of nitrogens with zero attached hydrogens (tertiary/aromatic N) is 3. The van der Waals surface area contributed by atoms with E-state index in [1.54, 1.807) is 84.0 Å². The van der Waals surface area contributed by atoms with Gasteiger partial charge in [0.25, 0.3) is 11.8 Å². The number of carbonyl (C=O) groups excluding carboxylic acids is 2. The Labute approximate surface area is 188 Å². The van der Waals surface area contributed by atoms with Crippen LogP contribution in [0, 0.1) is 0 Å². The molecule has 2 amide bonds. The summed E-state index contributed by atoms with van der Waals surface area (Å²) in [4.78, 5) is 32.7. The lowest BCUT2D eigenvalue weighted by atomic mass is 10.1. The summed E-state index contributed by atoms with van der Waals surface area (Å²) >= 11 is 5.86. The maximum atomic E-state index is 12.3. The molecule has 32 heavy (non-hydrogen) atoms. The van der Waals surface area contributed by atoms with Gasteiger partial charge >= 0.3 is 0 Å². The molecule has 9 heteroatoms. The molecular weight excluding hydrogens is 430 g/mol. The third-order valence-corrected chi connectivity index (χ3v) is 4.76. The lowest BCUT2D eigenvalue weighted by molar-refractivity contribution is 0.0846. The van der Waals surface area contributed by atoms with Gasteiger partial charge in [-0.2, -0.15) is 0 Å². The van der Waals surface area contributed by atoms with Crippen molar-refractivity contribution < 1.29 is 14.3 Å². The molecule has 0 radical (unpaired) electrons. The van der Waals surface area contributed by atoms with E-state index < -0.39 is 11.8 Å². The van der Waals surface area contributed by atoms with Gasteiger partial charge in [-0.1, -0.05) is 23.7 Å². The molecule has 0 saturated carbocycles. The van der Waals surface area contributed by atoms with Crippen molar-refractivity contribution in [3.8, 4) is 11.6 Å². The van der Waals surface area contributed by atoms with Gasteiger partial charge in [-0.25, -0.2) is 9.97 Å². The molecule has 2 aromatic carbocycles. The number of hydrazine groups is 1. The number of carbonyl (C=O) groups is 2. The van der Waals surface area contributed by atoms with Crippen LogP contribution in [0.1, 0.15) is 26.3 Å². The van der Waals surface area contributed by atoms with Gasteiger partial charge < -0.3 is 4.74 Å². The standard InChI is InChI=1S/C23H18ClN5O3/c24-19-6-8-20(9-7-19)32-14-16-1-3-17(4-2-16)22(30)27-28-23(31)18-5-10-21(26-13-18)29-12-11-25-15-29/h1-13,15H,14H2,(H,27,30)(H,28,31). The molecule has 4 aromatic rings. The van der Waals surface area contributed by atoms with E-state index in [1.165, 1.54) is 6.20 Å². The van der Waals surface area contributed by atoms with Crippen molar-refractivity contribution in [3.05, 3.63) is 107 Å². The van der Waals surface area contributed by atoms with E-state index in [2.05, 4.69) is 20.8 Å². The zero-order valence-electron chi connectivity index (χ0n) is 16.7. The van der Waals surface area contributed by atoms with E-state index in [1.807, 2.05) is 0 Å². The van der Waals surface area contributed by atoms with Crippen LogP contribution < -0.4 is 15.6 Å². The lowest BCUT2D eigenvalue weighted by Crippen LogP contribution is -2.41. The minimum Gasteiger partial charge on any atom is -0.489 e. The molecule has 0 unspecified atom stereocenters. The SMILES string of the molecule is O=C(NNC(=O)c1ccc(-n2ccnc2)nc1)c1ccc(COc2ccc(Cl)cc2)cc1. The fourth-order valence-corrected chi connectivity index (χ4v) is 2.90. The summed E-state index contributed by atoms with van der Waals surface area (Å²) in [5.41, 5.74) is 6.38. The molecular formula is C23H18ClN5O3. The molecule has 0 atom stereocenters. The van der Waals surface area contributed by atoms with Crippen molar-refractivity contribution in [1.29, 1.82) is 0 Å². The zero-order chi connectivity index (χ0) is 22.3. The summed E-state index contributed by atoms with van der Waals surface area (Å²) in [6, 6.07) is 17.2. The second-order valence-electron chi connectivity index (χ2n) is 6.72. The van der Waals surface area contributed by atoms with Crippen LogP contribution in [0.25, 0.3) is 5.82 Å². The number of rotatable bonds is 6. The van der Waals surface area contributed by atoms with E-state index >= 15 is 0 Å². The number of imidazole rings is 1. The fourth-order valence-electron chi connectivity index (χ4n) is 2.78. The van der Waals surface area contributed by atoms with Gasteiger partial charge in [0, 0.05) is 29.2 Å². The van der Waals surface area contributed by atoms with Gasteiger partial charge in [0.05, 0.1) is 5.56 Å². The van der Waals surface area contributed by atoms with Crippen molar-refractivity contribution in [3.63, 3.8) is 0 Å². The predicted octanol–water partition coefficient (Wildman–Crippen LogP) is 3.57. The Morgan fingerprint density at radius 2 is 1.59 bits per heavy atom. The molecule has 2 heterocycles. The quantitative estimate of drug-likeness (QED) is 0.440. The summed E-state index contributed by atoms with van der Waals surface area (Å²) in [7, 11) is 0. The highest BCUT2D eigenvalue weighted by Crippen LogP contribution is 2.17. The van der Waals surface area contributed by atoms with Crippen LogP contribution >= 0.6 is 11.6 Å². The number of hydrogen-bond acceptors (Lipinski definition) is 5. The van der Waals surface area contributed by atoms with Crippen LogP contribution in [0.15, 0.2) is 85.6 Å². The Morgan fingerprint density at radius 3 is 2.22 bits per heavy atom. The maximum Gasteiger partial charge on any atom is 0.271 e. The first-order valence-corrected chi connectivity index (χ1v) is 9.99. The Hall–Kier alpha value is -4.17. The van der Waals surface area contributed by atoms with Crippen LogP contribution in [0.4, 0.5) is 0 Å². The zero-order valence-corrected chi connectivity index (χ0v) is 17.5. The second-order valence-corrected chi connectivity index (χ2v) is 7.16. The van der Waals surface area contributed by atoms with E-state index in [4.69, 9.17) is 16.3 Å². The minimum atomic E-state index is -0.476. The summed E-state index contributed by atoms with van der Waals surface area (Å²) in [6.45, 7) is 0.350. The topological polar surface area (TPSA) is 98.1 Å². The highest BCUT2D eigenvalue weighted by atomic mass is 35.5. The van der Waals surface area contributed by atoms with Gasteiger partial charge in [0.1, 0.15) is 24.5 Å². The number of amides is 2. The van der Waals surface area contributed by atoms with Crippen LogP contribution in [0.5, 0.6) is 5.75 Å². The average molecular weight is 448 g/mol. The van der Waals surface area contributed by atoms with Crippen molar-refractivity contribution in [2.24, 2.45) is 0 Å². The molecule has 2 aromatic heterocycles. The molecule has 0 aliphatic heterocycles. The van der Waals surface area contributed by atoms with Gasteiger partial charge in [-0.15, -0.1) is 0 Å². The monoisotopic (exact) mass is 447 g/mol. The van der Waals surface area contributed by atoms with Crippen LogP contribution in [-0.2, 0) is 6.61 Å². The third-order valence-electron chi connectivity index (χ3n) is 4.50. The average Bonchev–Trinajstić information content (AvgIpc) is 3.37. The number of halogens is 1. The highest BCUT2D eigenvalue weighted by Gasteiger charge is 2.10. The molecule has 160 valence electrons. The highest BCUT2D eigenvalue weighted by molar-refractivity contribution is 6.30. The Bertz CT molecular complexity index is 1190. The van der Waals surface area contributed by atoms with Crippen molar-refractivity contribution >= 4 is 23.4 Å². The summed E-state index contributed by atoms with van der Waals surface area (Å²) in [5.74, 6) is 0.414. The molecule has 0 spiro atoms. The van der Waals surface area contributed by atoms with Crippen LogP contribution in [0.2, 0.25) is 5.02 Å². The minimum absolute atomic E-state index is 0.309. The van der Waals surface area contributed by atoms with Crippen LogP contribution in [0.3, 0.4) is 0 Å². The van der Waals surface area contributed by atoms with Crippen molar-refractivity contribution in [2.75, 3.05) is 0 Å². The molecule has 8 nitrogen and oxygen atoms in total. The smallest absolute Gasteiger partial charge is 0.271 e. The molecule has 0 bridgehead atoms. The normalized spacial score (nSPS) is 10.4. The van der Waals surface area contributed by atoms with Crippen molar-refractivity contribution in [2.45, 2.75) is 6.61 Å². The van der Waals surface area contributed by atoms with Crippen LogP contribution in [-0.4, -0.2) is 26.3 Å². The van der Waals surface area contributed by atoms with Crippen molar-refractivity contribution in [1.82, 2.24) is 25.4 Å². The van der Waals surface area contributed by atoms with Gasteiger partial charge in [0.2, 0.25) is 0 Å². The number of nitrogens with one attached hydrogen (secondary N) is 2. The molecule has 0 aliphatic carbocycles. The van der Waals surface area contributed by atoms with E-state index in [0.29, 0.717) is 34.3 Å². The lowest BCUT2D eigenvalue weighted by Gasteiger charge is -2.09. The molecule has 0 saturated heterocycles. The predicted molar refractivity (Wildman–Crippen MR) is 119 cm³/mol. The number of benzene rings is 2. The number of aromatic nitrogens is 3. The van der Waals surface area contributed by atoms with E-state index in [9.17, 15) is 9.59 Å². The fraction of sp³-hybridized carbons (Fsp3) is 0.0435. The molecule has 2 N–H and O–H groups in total. The van der Waals surface area contributed by atoms with E-state index in [-0.39, 0.29) is 0 Å². The first kappa shape index (κ1) is 21.1. The van der Waals surface area contributed by atoms with Gasteiger partial charge in [0.15, 0.2) is 0 Å². The Balaban J connectivity index is 1.28. The number of ether oxygens (including phenoxy) is 1. The number of pyridine rings is 1. The maximum absolute atomic E-state index is 12.3. The molecule has 4 rings (SSSR count). The second kappa shape index (κ2) is 9.76. The summed E-state index contributed by atoms with van der Waals surface area (Å²) in [6.07, 6.45) is 6.41. The first-order valence-electron chi connectivity index (χ1n) is 9.61. The summed E-state index contributed by atoms with van der Waals surface area (Å²) < 4.78 is 7.40.